The number of carbonyl (C=O) groups is 1. The standard InChI is InChI=1S/C19H21FN8O5S/c1-7-23-9-3-2-8(4-11(9)34-7)27-18(24-25-19(27)17(21)32)16-15(31)13(14(30)10(6-29)33-16)28-12(20)5-22-26-28/h2-4,10,12-16,29-31H,5-6H2,1H3,(H2,21,32)/t10-,12?,13+,14+,15-,16-/m1/s1. The van der Waals surface area contributed by atoms with E-state index >= 15 is 0 Å². The van der Waals surface area contributed by atoms with Gasteiger partial charge >= 0.3 is 0 Å². The number of hydrogen-bond acceptors (Lipinski definition) is 12. The molecule has 0 radical (unpaired) electrons. The summed E-state index contributed by atoms with van der Waals surface area (Å²) in [7, 11) is 0. The molecule has 6 atom stereocenters. The number of carbonyl (C=O) groups excluding carboxylic acids is 1. The Morgan fingerprint density at radius 3 is 2.79 bits per heavy atom. The normalized spacial score (nSPS) is 29.3. The first-order valence-corrected chi connectivity index (χ1v) is 11.2. The Morgan fingerprint density at radius 2 is 2.12 bits per heavy atom. The maximum Gasteiger partial charge on any atom is 0.287 e. The van der Waals surface area contributed by atoms with E-state index in [1.165, 1.54) is 15.9 Å². The van der Waals surface area contributed by atoms with Gasteiger partial charge in [0.25, 0.3) is 5.91 Å². The number of rotatable bonds is 5. The number of aryl methyl sites for hydroxylation is 1. The Hall–Kier alpha value is -3.11. The van der Waals surface area contributed by atoms with Gasteiger partial charge in [0.15, 0.2) is 5.82 Å². The second-order valence-corrected chi connectivity index (χ2v) is 9.18. The molecule has 1 amide bonds. The number of aromatic nitrogens is 4. The van der Waals surface area contributed by atoms with Crippen LogP contribution in [0.15, 0.2) is 28.5 Å². The van der Waals surface area contributed by atoms with Crippen molar-refractivity contribution in [1.29, 1.82) is 0 Å². The molecule has 1 fully saturated rings. The van der Waals surface area contributed by atoms with Crippen LogP contribution in [0, 0.1) is 6.92 Å². The summed E-state index contributed by atoms with van der Waals surface area (Å²) in [6.07, 6.45) is -7.28. The lowest BCUT2D eigenvalue weighted by Gasteiger charge is -2.44. The smallest absolute Gasteiger partial charge is 0.287 e. The Bertz CT molecular complexity index is 1270. The zero-order valence-electron chi connectivity index (χ0n) is 17.8. The van der Waals surface area contributed by atoms with Crippen LogP contribution in [0.5, 0.6) is 0 Å². The minimum Gasteiger partial charge on any atom is -0.394 e. The van der Waals surface area contributed by atoms with Crippen molar-refractivity contribution in [1.82, 2.24) is 24.8 Å². The third kappa shape index (κ3) is 3.61. The fourth-order valence-electron chi connectivity index (χ4n) is 4.25. The molecule has 2 aromatic heterocycles. The molecule has 5 rings (SSSR count). The number of nitrogens with two attached hydrogens (primary N) is 1. The summed E-state index contributed by atoms with van der Waals surface area (Å²) in [5.41, 5.74) is 6.74. The molecule has 3 aromatic rings. The molecular weight excluding hydrogens is 471 g/mol. The van der Waals surface area contributed by atoms with E-state index in [-0.39, 0.29) is 18.2 Å². The number of halogens is 1. The highest BCUT2D eigenvalue weighted by Crippen LogP contribution is 2.37. The number of amides is 1. The van der Waals surface area contributed by atoms with Crippen molar-refractivity contribution in [3.63, 3.8) is 0 Å². The molecule has 0 spiro atoms. The highest BCUT2D eigenvalue weighted by molar-refractivity contribution is 7.18. The van der Waals surface area contributed by atoms with Crippen LogP contribution < -0.4 is 5.73 Å². The van der Waals surface area contributed by atoms with E-state index in [1.807, 2.05) is 6.92 Å². The first-order chi connectivity index (χ1) is 16.3. The van der Waals surface area contributed by atoms with E-state index in [1.54, 1.807) is 18.2 Å². The number of alkyl halides is 1. The summed E-state index contributed by atoms with van der Waals surface area (Å²) < 4.78 is 22.3. The van der Waals surface area contributed by atoms with Crippen molar-refractivity contribution in [2.75, 3.05) is 13.2 Å². The monoisotopic (exact) mass is 492 g/mol. The number of primary amides is 1. The molecule has 34 heavy (non-hydrogen) atoms. The summed E-state index contributed by atoms with van der Waals surface area (Å²) in [4.78, 5) is 16.6. The number of nitrogens with zero attached hydrogens (tertiary/aromatic N) is 7. The molecule has 15 heteroatoms. The predicted molar refractivity (Wildman–Crippen MR) is 115 cm³/mol. The molecule has 2 aliphatic rings. The van der Waals surface area contributed by atoms with Crippen molar-refractivity contribution >= 4 is 27.5 Å². The van der Waals surface area contributed by atoms with Crippen LogP contribution in [0.4, 0.5) is 4.39 Å². The van der Waals surface area contributed by atoms with Crippen molar-refractivity contribution < 1.29 is 29.2 Å². The van der Waals surface area contributed by atoms with E-state index in [4.69, 9.17) is 10.5 Å². The highest BCUT2D eigenvalue weighted by atomic mass is 32.1. The van der Waals surface area contributed by atoms with E-state index in [0.717, 1.165) is 20.2 Å². The molecule has 13 nitrogen and oxygen atoms in total. The second kappa shape index (κ2) is 8.59. The summed E-state index contributed by atoms with van der Waals surface area (Å²) in [5.74, 6) is -1.13. The number of thiazole rings is 1. The molecule has 5 N–H and O–H groups in total. The number of benzene rings is 1. The molecule has 0 aliphatic carbocycles. The highest BCUT2D eigenvalue weighted by Gasteiger charge is 2.52. The van der Waals surface area contributed by atoms with Gasteiger partial charge in [0.2, 0.25) is 12.1 Å². The summed E-state index contributed by atoms with van der Waals surface area (Å²) in [5, 5.41) is 48.5. The first kappa shape index (κ1) is 22.7. The molecule has 4 heterocycles. The van der Waals surface area contributed by atoms with Gasteiger partial charge in [0.05, 0.1) is 27.5 Å². The minimum atomic E-state index is -1.68. The minimum absolute atomic E-state index is 0.0243. The maximum atomic E-state index is 14.4. The lowest BCUT2D eigenvalue weighted by Crippen LogP contribution is -2.62. The number of aliphatic hydroxyl groups excluding tert-OH is 3. The molecule has 0 bridgehead atoms. The zero-order chi connectivity index (χ0) is 24.1. The van der Waals surface area contributed by atoms with Crippen LogP contribution >= 0.6 is 11.3 Å². The molecule has 2 aliphatic heterocycles. The molecule has 0 saturated carbocycles. The van der Waals surface area contributed by atoms with Gasteiger partial charge in [-0.05, 0) is 25.1 Å². The van der Waals surface area contributed by atoms with Crippen molar-refractivity contribution in [2.45, 2.75) is 43.7 Å². The lowest BCUT2D eigenvalue weighted by molar-refractivity contribution is -0.226. The fourth-order valence-corrected chi connectivity index (χ4v) is 5.11. The average molecular weight is 492 g/mol. The number of fused-ring (bicyclic) bond motifs is 1. The molecule has 1 saturated heterocycles. The molecular formula is C19H21FN8O5S. The van der Waals surface area contributed by atoms with Gasteiger partial charge in [-0.3, -0.25) is 9.36 Å². The third-order valence-corrected chi connectivity index (χ3v) is 6.72. The number of ether oxygens (including phenoxy) is 1. The molecule has 1 aromatic carbocycles. The van der Waals surface area contributed by atoms with E-state index in [9.17, 15) is 24.5 Å². The Morgan fingerprint density at radius 1 is 1.32 bits per heavy atom. The Balaban J connectivity index is 1.62. The average Bonchev–Trinajstić information content (AvgIpc) is 3.51. The lowest BCUT2D eigenvalue weighted by atomic mass is 9.91. The first-order valence-electron chi connectivity index (χ1n) is 10.3. The van der Waals surface area contributed by atoms with Crippen LogP contribution in [-0.4, -0.2) is 89.8 Å². The SMILES string of the molecule is Cc1nc2ccc(-n3c(C(N)=O)nnc3[C@@H]3O[C@H](CO)[C@H](O)[C@H](N4N=NCC4F)[C@H]3O)cc2s1. The topological polar surface area (TPSA) is 185 Å². The fraction of sp³-hybridized carbons (Fsp3) is 0.474. The Kier molecular flexibility index (Phi) is 5.73. The Labute approximate surface area is 195 Å². The predicted octanol–water partition coefficient (Wildman–Crippen LogP) is -0.215. The number of aliphatic hydroxyl groups is 3. The van der Waals surface area contributed by atoms with Gasteiger partial charge in [0.1, 0.15) is 37.0 Å². The van der Waals surface area contributed by atoms with Gasteiger partial charge in [-0.1, -0.05) is 5.22 Å². The van der Waals surface area contributed by atoms with E-state index < -0.39 is 49.3 Å². The summed E-state index contributed by atoms with van der Waals surface area (Å²) in [6.45, 7) is 0.969. The van der Waals surface area contributed by atoms with Gasteiger partial charge in [-0.25, -0.2) is 14.4 Å². The van der Waals surface area contributed by atoms with Gasteiger partial charge in [-0.15, -0.1) is 21.5 Å². The van der Waals surface area contributed by atoms with Gasteiger partial charge < -0.3 is 25.8 Å². The van der Waals surface area contributed by atoms with E-state index in [2.05, 4.69) is 25.5 Å². The van der Waals surface area contributed by atoms with Crippen LogP contribution in [0.2, 0.25) is 0 Å². The summed E-state index contributed by atoms with van der Waals surface area (Å²) in [6, 6.07) is 3.88. The largest absolute Gasteiger partial charge is 0.394 e. The van der Waals surface area contributed by atoms with Crippen molar-refractivity contribution in [3.8, 4) is 5.69 Å². The van der Waals surface area contributed by atoms with Gasteiger partial charge in [0, 0.05) is 0 Å². The second-order valence-electron chi connectivity index (χ2n) is 7.94. The van der Waals surface area contributed by atoms with Crippen molar-refractivity contribution in [3.05, 3.63) is 34.9 Å². The van der Waals surface area contributed by atoms with Crippen molar-refractivity contribution in [2.24, 2.45) is 16.1 Å². The summed E-state index contributed by atoms with van der Waals surface area (Å²) >= 11 is 1.44. The maximum absolute atomic E-state index is 14.4. The molecule has 1 unspecified atom stereocenters. The van der Waals surface area contributed by atoms with Crippen LogP contribution in [0.25, 0.3) is 15.9 Å². The van der Waals surface area contributed by atoms with E-state index in [0.29, 0.717) is 5.69 Å². The zero-order valence-corrected chi connectivity index (χ0v) is 18.6. The van der Waals surface area contributed by atoms with Crippen LogP contribution in [-0.2, 0) is 4.74 Å². The molecule has 180 valence electrons. The van der Waals surface area contributed by atoms with Crippen LogP contribution in [0.3, 0.4) is 0 Å². The van der Waals surface area contributed by atoms with Gasteiger partial charge in [-0.2, -0.15) is 5.11 Å². The third-order valence-electron chi connectivity index (χ3n) is 5.78. The number of hydrogen-bond donors (Lipinski definition) is 4. The van der Waals surface area contributed by atoms with Crippen LogP contribution in [0.1, 0.15) is 27.6 Å². The quantitative estimate of drug-likeness (QED) is 0.350.